The maximum Gasteiger partial charge on any atom is 0.417 e. The Morgan fingerprint density at radius 1 is 1.17 bits per heavy atom. The number of nitrogens with zero attached hydrogens (tertiary/aromatic N) is 2. The van der Waals surface area contributed by atoms with Gasteiger partial charge in [-0.1, -0.05) is 0 Å². The average Bonchev–Trinajstić information content (AvgIpc) is 2.83. The quantitative estimate of drug-likeness (QED) is 0.590. The number of rotatable bonds is 2. The predicted octanol–water partition coefficient (Wildman–Crippen LogP) is 4.52. The fourth-order valence-electron chi connectivity index (χ4n) is 2.33. The topological polar surface area (TPSA) is 46.4 Å². The molecule has 1 amide bonds. The minimum atomic E-state index is -4.49. The number of hydrogen-bond donors (Lipinski definition) is 1. The standard InChI is InChI=1S/C16H11F3IN3O/c1-9-14(15(24)22-12-5-3-11(20)4-6-12)23-8-10(16(17,18)19)2-7-13(23)21-9/h2-8H,1H3,(H,22,24). The van der Waals surface area contributed by atoms with E-state index in [4.69, 9.17) is 0 Å². The van der Waals surface area contributed by atoms with Crippen LogP contribution in [0.1, 0.15) is 21.7 Å². The van der Waals surface area contributed by atoms with Gasteiger partial charge in [-0.3, -0.25) is 9.20 Å². The van der Waals surface area contributed by atoms with Crippen LogP contribution in [0.4, 0.5) is 18.9 Å². The van der Waals surface area contributed by atoms with Crippen LogP contribution in [-0.2, 0) is 6.18 Å². The molecule has 3 rings (SSSR count). The highest BCUT2D eigenvalue weighted by Gasteiger charge is 2.31. The number of aromatic nitrogens is 2. The number of halogens is 4. The molecule has 2 aromatic heterocycles. The van der Waals surface area contributed by atoms with Crippen LogP contribution in [0.5, 0.6) is 0 Å². The number of benzene rings is 1. The van der Waals surface area contributed by atoms with Gasteiger partial charge in [-0.05, 0) is 65.9 Å². The summed E-state index contributed by atoms with van der Waals surface area (Å²) in [5.41, 5.74) is 0.442. The van der Waals surface area contributed by atoms with E-state index in [2.05, 4.69) is 32.9 Å². The molecule has 0 saturated carbocycles. The molecular weight excluding hydrogens is 434 g/mol. The lowest BCUT2D eigenvalue weighted by Gasteiger charge is -2.09. The minimum Gasteiger partial charge on any atom is -0.321 e. The summed E-state index contributed by atoms with van der Waals surface area (Å²) in [6, 6.07) is 9.28. The van der Waals surface area contributed by atoms with Gasteiger partial charge in [0.15, 0.2) is 0 Å². The van der Waals surface area contributed by atoms with Crippen LogP contribution in [0.25, 0.3) is 5.65 Å². The first kappa shape index (κ1) is 16.7. The van der Waals surface area contributed by atoms with Crippen LogP contribution >= 0.6 is 22.6 Å². The van der Waals surface area contributed by atoms with Crippen LogP contribution in [0.2, 0.25) is 0 Å². The lowest BCUT2D eigenvalue weighted by atomic mass is 10.2. The molecule has 1 aromatic carbocycles. The number of anilines is 1. The molecule has 0 unspecified atom stereocenters. The molecule has 1 N–H and O–H groups in total. The molecule has 0 saturated heterocycles. The van der Waals surface area contributed by atoms with Crippen molar-refractivity contribution in [1.29, 1.82) is 0 Å². The number of amides is 1. The highest BCUT2D eigenvalue weighted by atomic mass is 127. The van der Waals surface area contributed by atoms with Crippen molar-refractivity contribution < 1.29 is 18.0 Å². The molecule has 24 heavy (non-hydrogen) atoms. The maximum absolute atomic E-state index is 12.9. The first-order valence-corrected chi connectivity index (χ1v) is 7.96. The van der Waals surface area contributed by atoms with E-state index in [1.807, 2.05) is 12.1 Å². The van der Waals surface area contributed by atoms with Crippen molar-refractivity contribution in [3.05, 3.63) is 63.1 Å². The van der Waals surface area contributed by atoms with Crippen molar-refractivity contribution in [3.8, 4) is 0 Å². The van der Waals surface area contributed by atoms with Crippen LogP contribution in [0, 0.1) is 10.5 Å². The fraction of sp³-hybridized carbons (Fsp3) is 0.125. The highest BCUT2D eigenvalue weighted by Crippen LogP contribution is 2.30. The zero-order chi connectivity index (χ0) is 17.5. The number of fused-ring (bicyclic) bond motifs is 1. The van der Waals surface area contributed by atoms with Crippen molar-refractivity contribution in [2.75, 3.05) is 5.32 Å². The van der Waals surface area contributed by atoms with Crippen molar-refractivity contribution in [1.82, 2.24) is 9.38 Å². The van der Waals surface area contributed by atoms with E-state index in [1.165, 1.54) is 10.5 Å². The van der Waals surface area contributed by atoms with Gasteiger partial charge in [0, 0.05) is 15.5 Å². The van der Waals surface area contributed by atoms with Crippen molar-refractivity contribution >= 4 is 39.8 Å². The molecule has 2 heterocycles. The molecule has 0 aliphatic carbocycles. The summed E-state index contributed by atoms with van der Waals surface area (Å²) < 4.78 is 40.9. The maximum atomic E-state index is 12.9. The number of hydrogen-bond acceptors (Lipinski definition) is 2. The van der Waals surface area contributed by atoms with E-state index in [0.717, 1.165) is 15.8 Å². The summed E-state index contributed by atoms with van der Waals surface area (Å²) in [7, 11) is 0. The van der Waals surface area contributed by atoms with Gasteiger partial charge < -0.3 is 5.32 Å². The second-order valence-electron chi connectivity index (χ2n) is 5.15. The summed E-state index contributed by atoms with van der Waals surface area (Å²) in [6.07, 6.45) is -3.60. The van der Waals surface area contributed by atoms with Crippen LogP contribution in [0.15, 0.2) is 42.6 Å². The van der Waals surface area contributed by atoms with Gasteiger partial charge in [0.1, 0.15) is 11.3 Å². The summed E-state index contributed by atoms with van der Waals surface area (Å²) in [6.45, 7) is 1.59. The molecular formula is C16H11F3IN3O. The molecule has 0 radical (unpaired) electrons. The van der Waals surface area contributed by atoms with E-state index >= 15 is 0 Å². The van der Waals surface area contributed by atoms with Gasteiger partial charge in [0.2, 0.25) is 0 Å². The monoisotopic (exact) mass is 445 g/mol. The molecule has 124 valence electrons. The van der Waals surface area contributed by atoms with E-state index in [9.17, 15) is 18.0 Å². The minimum absolute atomic E-state index is 0.0784. The number of alkyl halides is 3. The fourth-order valence-corrected chi connectivity index (χ4v) is 2.69. The van der Waals surface area contributed by atoms with Gasteiger partial charge in [0.25, 0.3) is 5.91 Å². The smallest absolute Gasteiger partial charge is 0.321 e. The third-order valence-corrected chi connectivity index (χ3v) is 4.16. The van der Waals surface area contributed by atoms with Gasteiger partial charge in [-0.15, -0.1) is 0 Å². The van der Waals surface area contributed by atoms with Crippen LogP contribution in [0.3, 0.4) is 0 Å². The average molecular weight is 445 g/mol. The van der Waals surface area contributed by atoms with E-state index in [0.29, 0.717) is 11.4 Å². The summed E-state index contributed by atoms with van der Waals surface area (Å²) in [5, 5.41) is 2.68. The van der Waals surface area contributed by atoms with Gasteiger partial charge in [-0.2, -0.15) is 13.2 Å². The van der Waals surface area contributed by atoms with Crippen molar-refractivity contribution in [2.45, 2.75) is 13.1 Å². The van der Waals surface area contributed by atoms with Crippen LogP contribution < -0.4 is 5.32 Å². The van der Waals surface area contributed by atoms with Crippen molar-refractivity contribution in [3.63, 3.8) is 0 Å². The summed E-state index contributed by atoms with van der Waals surface area (Å²) in [5.74, 6) is -0.513. The van der Waals surface area contributed by atoms with Gasteiger partial charge in [-0.25, -0.2) is 4.98 Å². The number of carbonyl (C=O) groups excluding carboxylic acids is 1. The van der Waals surface area contributed by atoms with E-state index in [1.54, 1.807) is 19.1 Å². The summed E-state index contributed by atoms with van der Waals surface area (Å²) >= 11 is 2.14. The third kappa shape index (κ3) is 3.23. The Bertz CT molecular complexity index is 917. The first-order chi connectivity index (χ1) is 11.3. The van der Waals surface area contributed by atoms with Gasteiger partial charge >= 0.3 is 6.18 Å². The van der Waals surface area contributed by atoms with Crippen molar-refractivity contribution in [2.24, 2.45) is 0 Å². The molecule has 0 atom stereocenters. The Balaban J connectivity index is 2.02. The lowest BCUT2D eigenvalue weighted by molar-refractivity contribution is -0.137. The number of imidazole rings is 1. The SMILES string of the molecule is Cc1nc2ccc(C(F)(F)F)cn2c1C(=O)Nc1ccc(I)cc1. The molecule has 0 fully saturated rings. The number of pyridine rings is 1. The second-order valence-corrected chi connectivity index (χ2v) is 6.40. The van der Waals surface area contributed by atoms with Crippen LogP contribution in [-0.4, -0.2) is 15.3 Å². The second kappa shape index (κ2) is 6.08. The number of carbonyl (C=O) groups is 1. The zero-order valence-corrected chi connectivity index (χ0v) is 14.5. The molecule has 0 aliphatic rings. The molecule has 8 heteroatoms. The Kier molecular flexibility index (Phi) is 4.24. The molecule has 0 aliphatic heterocycles. The first-order valence-electron chi connectivity index (χ1n) is 6.88. The lowest BCUT2D eigenvalue weighted by Crippen LogP contribution is -2.16. The molecule has 4 nitrogen and oxygen atoms in total. The molecule has 0 bridgehead atoms. The highest BCUT2D eigenvalue weighted by molar-refractivity contribution is 14.1. The summed E-state index contributed by atoms with van der Waals surface area (Å²) in [4.78, 5) is 16.6. The zero-order valence-electron chi connectivity index (χ0n) is 12.4. The number of nitrogens with one attached hydrogen (secondary N) is 1. The molecule has 3 aromatic rings. The molecule has 0 spiro atoms. The van der Waals surface area contributed by atoms with Gasteiger partial charge in [0.05, 0.1) is 11.3 Å². The Labute approximate surface area is 148 Å². The van der Waals surface area contributed by atoms with E-state index < -0.39 is 17.6 Å². The predicted molar refractivity (Wildman–Crippen MR) is 92.0 cm³/mol. The Morgan fingerprint density at radius 2 is 1.83 bits per heavy atom. The number of aryl methyl sites for hydroxylation is 1. The van der Waals surface area contributed by atoms with E-state index in [-0.39, 0.29) is 11.3 Å². The Morgan fingerprint density at radius 3 is 2.46 bits per heavy atom. The third-order valence-electron chi connectivity index (χ3n) is 3.44. The normalized spacial score (nSPS) is 11.7. The largest absolute Gasteiger partial charge is 0.417 e. The Hall–Kier alpha value is -2.10.